The Kier molecular flexibility index (Phi) is 4.88. The molecule has 0 atom stereocenters. The van der Waals surface area contributed by atoms with Gasteiger partial charge in [0.1, 0.15) is 0 Å². The molecule has 0 fully saturated rings. The van der Waals surface area contributed by atoms with E-state index < -0.39 is 31.4 Å². The lowest BCUT2D eigenvalue weighted by molar-refractivity contribution is 0.234. The molecular weight excluding hydrogens is 292 g/mol. The summed E-state index contributed by atoms with van der Waals surface area (Å²) in [7, 11) is -7.71. The topological polar surface area (TPSA) is 116 Å². The molecule has 0 aliphatic rings. The number of pyridine rings is 1. The summed E-state index contributed by atoms with van der Waals surface area (Å²) in [4.78, 5) is 3.76. The van der Waals surface area contributed by atoms with Gasteiger partial charge in [0.25, 0.3) is 0 Å². The minimum atomic E-state index is -3.87. The molecule has 7 nitrogen and oxygen atoms in total. The van der Waals surface area contributed by atoms with Crippen LogP contribution in [0.4, 0.5) is 0 Å². The van der Waals surface area contributed by atoms with Gasteiger partial charge < -0.3 is 4.74 Å². The molecule has 0 amide bonds. The Morgan fingerprint density at radius 2 is 1.89 bits per heavy atom. The van der Waals surface area contributed by atoms with Crippen LogP contribution in [0.3, 0.4) is 0 Å². The molecule has 0 aliphatic carbocycles. The van der Waals surface area contributed by atoms with Gasteiger partial charge in [0.2, 0.25) is 10.0 Å². The van der Waals surface area contributed by atoms with Gasteiger partial charge in [-0.25, -0.2) is 27.0 Å². The summed E-state index contributed by atoms with van der Waals surface area (Å²) >= 11 is 0. The zero-order valence-electron chi connectivity index (χ0n) is 10.6. The molecule has 0 unspecified atom stereocenters. The molecule has 1 aromatic rings. The van der Waals surface area contributed by atoms with Crippen LogP contribution < -0.4 is 9.88 Å². The molecule has 1 rings (SSSR count). The summed E-state index contributed by atoms with van der Waals surface area (Å²) in [6.45, 7) is 3.49. The summed E-state index contributed by atoms with van der Waals surface area (Å²) < 4.78 is 51.0. The molecule has 0 radical (unpaired) electrons. The first-order valence-corrected chi connectivity index (χ1v) is 8.83. The fourth-order valence-corrected chi connectivity index (χ4v) is 3.92. The lowest BCUT2D eigenvalue weighted by Gasteiger charge is -2.13. The number of aromatic nitrogens is 1. The monoisotopic (exact) mass is 308 g/mol. The Morgan fingerprint density at radius 1 is 1.26 bits per heavy atom. The quantitative estimate of drug-likeness (QED) is 0.786. The van der Waals surface area contributed by atoms with Crippen molar-refractivity contribution in [3.8, 4) is 5.75 Å². The molecule has 108 valence electrons. The normalized spacial score (nSPS) is 12.6. The Labute approximate surface area is 112 Å². The highest BCUT2D eigenvalue weighted by Gasteiger charge is 2.23. The van der Waals surface area contributed by atoms with Crippen molar-refractivity contribution >= 4 is 19.9 Å². The van der Waals surface area contributed by atoms with Crippen LogP contribution >= 0.6 is 0 Å². The van der Waals surface area contributed by atoms with Gasteiger partial charge in [0.15, 0.2) is 20.6 Å². The standard InChI is InChI=1S/C10H16N2O5S2/c1-8(2)17-9-4-3-5-12-10(9)18(13,14)6-7-19(11,15)16/h3-5,8H,6-7H2,1-2H3,(H2,11,15,16). The molecule has 1 heterocycles. The minimum Gasteiger partial charge on any atom is -0.488 e. The van der Waals surface area contributed by atoms with Crippen LogP contribution in [0.2, 0.25) is 0 Å². The van der Waals surface area contributed by atoms with Crippen molar-refractivity contribution in [2.45, 2.75) is 25.0 Å². The maximum absolute atomic E-state index is 12.0. The highest BCUT2D eigenvalue weighted by Crippen LogP contribution is 2.23. The highest BCUT2D eigenvalue weighted by atomic mass is 32.2. The number of sulfone groups is 1. The second kappa shape index (κ2) is 5.85. The molecule has 1 aromatic heterocycles. The average Bonchev–Trinajstić information content (AvgIpc) is 2.25. The SMILES string of the molecule is CC(C)Oc1cccnc1S(=O)(=O)CCS(N)(=O)=O. The number of hydrogen-bond acceptors (Lipinski definition) is 6. The predicted molar refractivity (Wildman–Crippen MR) is 70.0 cm³/mol. The average molecular weight is 308 g/mol. The Balaban J connectivity index is 3.07. The summed E-state index contributed by atoms with van der Waals surface area (Å²) in [6.07, 6.45) is 1.08. The molecule has 0 spiro atoms. The van der Waals surface area contributed by atoms with Crippen molar-refractivity contribution in [3.05, 3.63) is 18.3 Å². The Bertz CT molecular complexity index is 638. The van der Waals surface area contributed by atoms with Gasteiger partial charge in [-0.15, -0.1) is 0 Å². The second-order valence-electron chi connectivity index (χ2n) is 4.16. The van der Waals surface area contributed by atoms with E-state index in [9.17, 15) is 16.8 Å². The van der Waals surface area contributed by atoms with Crippen LogP contribution in [0.25, 0.3) is 0 Å². The fraction of sp³-hybridized carbons (Fsp3) is 0.500. The molecule has 0 saturated heterocycles. The Hall–Kier alpha value is -1.19. The summed E-state index contributed by atoms with van der Waals surface area (Å²) in [6, 6.07) is 3.01. The van der Waals surface area contributed by atoms with Crippen molar-refractivity contribution < 1.29 is 21.6 Å². The number of sulfonamides is 1. The summed E-state index contributed by atoms with van der Waals surface area (Å²) in [5, 5.41) is 4.52. The van der Waals surface area contributed by atoms with Gasteiger partial charge in [-0.05, 0) is 26.0 Å². The maximum Gasteiger partial charge on any atom is 0.210 e. The number of ether oxygens (including phenoxy) is 1. The van der Waals surface area contributed by atoms with E-state index >= 15 is 0 Å². The van der Waals surface area contributed by atoms with E-state index in [4.69, 9.17) is 9.88 Å². The van der Waals surface area contributed by atoms with Gasteiger partial charge >= 0.3 is 0 Å². The van der Waals surface area contributed by atoms with E-state index in [-0.39, 0.29) is 16.9 Å². The maximum atomic E-state index is 12.0. The first kappa shape index (κ1) is 15.9. The van der Waals surface area contributed by atoms with Crippen molar-refractivity contribution in [1.29, 1.82) is 0 Å². The van der Waals surface area contributed by atoms with Crippen LogP contribution in [0.5, 0.6) is 5.75 Å². The molecule has 9 heteroatoms. The largest absolute Gasteiger partial charge is 0.488 e. The van der Waals surface area contributed by atoms with E-state index in [1.807, 2.05) is 0 Å². The third-order valence-electron chi connectivity index (χ3n) is 2.03. The van der Waals surface area contributed by atoms with Gasteiger partial charge in [0.05, 0.1) is 17.6 Å². The molecule has 0 aliphatic heterocycles. The van der Waals surface area contributed by atoms with Crippen LogP contribution in [0.15, 0.2) is 23.4 Å². The molecule has 2 N–H and O–H groups in total. The fourth-order valence-electron chi connectivity index (χ4n) is 1.28. The van der Waals surface area contributed by atoms with E-state index in [2.05, 4.69) is 4.98 Å². The zero-order valence-corrected chi connectivity index (χ0v) is 12.2. The lowest BCUT2D eigenvalue weighted by atomic mass is 10.4. The Morgan fingerprint density at radius 3 is 2.42 bits per heavy atom. The highest BCUT2D eigenvalue weighted by molar-refractivity contribution is 7.94. The molecule has 0 aromatic carbocycles. The third kappa shape index (κ3) is 5.13. The lowest BCUT2D eigenvalue weighted by Crippen LogP contribution is -2.24. The van der Waals surface area contributed by atoms with Crippen molar-refractivity contribution in [3.63, 3.8) is 0 Å². The van der Waals surface area contributed by atoms with Gasteiger partial charge in [0, 0.05) is 6.20 Å². The molecule has 0 saturated carbocycles. The molecule has 0 bridgehead atoms. The number of nitrogens with zero attached hydrogens (tertiary/aromatic N) is 1. The number of rotatable bonds is 6. The van der Waals surface area contributed by atoms with E-state index in [0.717, 1.165) is 0 Å². The second-order valence-corrected chi connectivity index (χ2v) is 7.92. The van der Waals surface area contributed by atoms with Gasteiger partial charge in [-0.1, -0.05) is 0 Å². The van der Waals surface area contributed by atoms with Gasteiger partial charge in [-0.2, -0.15) is 0 Å². The van der Waals surface area contributed by atoms with Crippen molar-refractivity contribution in [2.24, 2.45) is 5.14 Å². The summed E-state index contributed by atoms with van der Waals surface area (Å²) in [5.74, 6) is -1.18. The van der Waals surface area contributed by atoms with E-state index in [1.54, 1.807) is 13.8 Å². The van der Waals surface area contributed by atoms with E-state index in [0.29, 0.717) is 0 Å². The zero-order chi connectivity index (χ0) is 14.7. The summed E-state index contributed by atoms with van der Waals surface area (Å²) in [5.41, 5.74) is 0. The van der Waals surface area contributed by atoms with Crippen LogP contribution in [0.1, 0.15) is 13.8 Å². The smallest absolute Gasteiger partial charge is 0.210 e. The molecule has 19 heavy (non-hydrogen) atoms. The first-order chi connectivity index (χ1) is 8.62. The predicted octanol–water partition coefficient (Wildman–Crippen LogP) is -0.0690. The van der Waals surface area contributed by atoms with Crippen LogP contribution in [-0.4, -0.2) is 39.4 Å². The third-order valence-corrected chi connectivity index (χ3v) is 4.70. The van der Waals surface area contributed by atoms with Crippen molar-refractivity contribution in [1.82, 2.24) is 4.98 Å². The van der Waals surface area contributed by atoms with Crippen molar-refractivity contribution in [2.75, 3.05) is 11.5 Å². The van der Waals surface area contributed by atoms with Crippen LogP contribution in [-0.2, 0) is 19.9 Å². The number of nitrogens with two attached hydrogens (primary N) is 1. The number of hydrogen-bond donors (Lipinski definition) is 1. The first-order valence-electron chi connectivity index (χ1n) is 5.47. The van der Waals surface area contributed by atoms with Gasteiger partial charge in [-0.3, -0.25) is 0 Å². The van der Waals surface area contributed by atoms with Crippen LogP contribution in [0, 0.1) is 0 Å². The number of primary sulfonamides is 1. The van der Waals surface area contributed by atoms with E-state index in [1.165, 1.54) is 18.3 Å². The minimum absolute atomic E-state index is 0.104. The molecular formula is C10H16N2O5S2.